The molecule has 0 radical (unpaired) electrons. The van der Waals surface area contributed by atoms with Crippen LogP contribution in [0.1, 0.15) is 19.3 Å². The third-order valence-corrected chi connectivity index (χ3v) is 6.11. The van der Waals surface area contributed by atoms with Gasteiger partial charge in [-0.1, -0.05) is 41.6 Å². The summed E-state index contributed by atoms with van der Waals surface area (Å²) in [6.45, 7) is 0. The van der Waals surface area contributed by atoms with Crippen LogP contribution in [-0.4, -0.2) is 40.3 Å². The number of benzene rings is 2. The van der Waals surface area contributed by atoms with Gasteiger partial charge in [0.05, 0.1) is 17.8 Å². The van der Waals surface area contributed by atoms with Crippen LogP contribution in [0.3, 0.4) is 0 Å². The van der Waals surface area contributed by atoms with Gasteiger partial charge in [0.1, 0.15) is 11.0 Å². The van der Waals surface area contributed by atoms with E-state index < -0.39 is 5.25 Å². The van der Waals surface area contributed by atoms with Crippen LogP contribution in [0.15, 0.2) is 53.5 Å². The molecular formula is C21H20ClN3O3S. The molecule has 2 aromatic rings. The van der Waals surface area contributed by atoms with Gasteiger partial charge in [0, 0.05) is 18.2 Å². The Hall–Kier alpha value is -2.51. The summed E-state index contributed by atoms with van der Waals surface area (Å²) in [5.74, 6) is 0.247. The van der Waals surface area contributed by atoms with Crippen molar-refractivity contribution in [2.75, 3.05) is 12.4 Å². The fraction of sp³-hybridized carbons (Fsp3) is 0.286. The van der Waals surface area contributed by atoms with E-state index in [-0.39, 0.29) is 24.3 Å². The van der Waals surface area contributed by atoms with Crippen LogP contribution in [0.4, 0.5) is 11.4 Å². The minimum Gasteiger partial charge on any atom is -0.495 e. The fourth-order valence-corrected chi connectivity index (χ4v) is 4.57. The highest BCUT2D eigenvalue weighted by atomic mass is 35.5. The Labute approximate surface area is 178 Å². The van der Waals surface area contributed by atoms with Gasteiger partial charge in [-0.15, -0.1) is 0 Å². The van der Waals surface area contributed by atoms with Crippen molar-refractivity contribution in [1.82, 2.24) is 4.90 Å². The molecule has 1 N–H and O–H groups in total. The Kier molecular flexibility index (Phi) is 5.78. The summed E-state index contributed by atoms with van der Waals surface area (Å²) in [5, 5.41) is 3.41. The topological polar surface area (TPSA) is 71.0 Å². The molecule has 1 saturated carbocycles. The molecule has 1 heterocycles. The normalized spacial score (nSPS) is 20.2. The molecule has 2 fully saturated rings. The zero-order valence-electron chi connectivity index (χ0n) is 15.8. The van der Waals surface area contributed by atoms with Crippen LogP contribution in [0.2, 0.25) is 5.02 Å². The van der Waals surface area contributed by atoms with Crippen molar-refractivity contribution in [3.05, 3.63) is 53.6 Å². The number of carbonyl (C=O) groups is 2. The lowest BCUT2D eigenvalue weighted by molar-refractivity contribution is -0.128. The quantitative estimate of drug-likeness (QED) is 0.735. The summed E-state index contributed by atoms with van der Waals surface area (Å²) < 4.78 is 5.12. The number of hydrogen-bond donors (Lipinski definition) is 1. The van der Waals surface area contributed by atoms with E-state index in [1.165, 1.54) is 18.9 Å². The second-order valence-electron chi connectivity index (χ2n) is 6.88. The molecule has 8 heteroatoms. The van der Waals surface area contributed by atoms with Crippen molar-refractivity contribution < 1.29 is 14.3 Å². The number of anilines is 1. The van der Waals surface area contributed by atoms with Gasteiger partial charge in [0.15, 0.2) is 5.17 Å². The third-order valence-electron chi connectivity index (χ3n) is 4.67. The molecule has 2 amide bonds. The maximum absolute atomic E-state index is 12.9. The SMILES string of the molecule is COc1ccc(NC(=O)C[C@H]2SC(=Nc3ccccc3)N(C3CC3)C2=O)cc1Cl. The van der Waals surface area contributed by atoms with Crippen LogP contribution < -0.4 is 10.1 Å². The predicted molar refractivity (Wildman–Crippen MR) is 116 cm³/mol. The molecule has 0 bridgehead atoms. The first-order valence-electron chi connectivity index (χ1n) is 9.32. The number of nitrogens with zero attached hydrogens (tertiary/aromatic N) is 2. The molecule has 150 valence electrons. The van der Waals surface area contributed by atoms with E-state index in [0.717, 1.165) is 18.5 Å². The molecule has 1 atom stereocenters. The number of amides is 2. The second kappa shape index (κ2) is 8.47. The van der Waals surface area contributed by atoms with Crippen molar-refractivity contribution in [2.45, 2.75) is 30.6 Å². The molecule has 0 aromatic heterocycles. The number of nitrogens with one attached hydrogen (secondary N) is 1. The Morgan fingerprint density at radius 1 is 1.28 bits per heavy atom. The Morgan fingerprint density at radius 2 is 2.03 bits per heavy atom. The number of ether oxygens (including phenoxy) is 1. The number of para-hydroxylation sites is 1. The maximum atomic E-state index is 12.9. The van der Waals surface area contributed by atoms with Crippen molar-refractivity contribution in [3.63, 3.8) is 0 Å². The predicted octanol–water partition coefficient (Wildman–Crippen LogP) is 4.47. The van der Waals surface area contributed by atoms with Gasteiger partial charge in [-0.2, -0.15) is 0 Å². The first kappa shape index (κ1) is 19.8. The molecule has 4 rings (SSSR count). The van der Waals surface area contributed by atoms with E-state index >= 15 is 0 Å². The highest BCUT2D eigenvalue weighted by molar-refractivity contribution is 8.15. The molecule has 2 aromatic carbocycles. The van der Waals surface area contributed by atoms with Crippen LogP contribution in [0, 0.1) is 0 Å². The average Bonchev–Trinajstić information content (AvgIpc) is 3.49. The van der Waals surface area contributed by atoms with Crippen LogP contribution >= 0.6 is 23.4 Å². The number of halogens is 1. The smallest absolute Gasteiger partial charge is 0.242 e. The third kappa shape index (κ3) is 4.57. The Morgan fingerprint density at radius 3 is 2.69 bits per heavy atom. The van der Waals surface area contributed by atoms with Crippen LogP contribution in [0.25, 0.3) is 0 Å². The van der Waals surface area contributed by atoms with Gasteiger partial charge in [-0.3, -0.25) is 14.5 Å². The lowest BCUT2D eigenvalue weighted by Gasteiger charge is -2.15. The van der Waals surface area contributed by atoms with Crippen molar-refractivity contribution in [1.29, 1.82) is 0 Å². The van der Waals surface area contributed by atoms with Gasteiger partial charge in [0.2, 0.25) is 11.8 Å². The van der Waals surface area contributed by atoms with Gasteiger partial charge < -0.3 is 10.1 Å². The van der Waals surface area contributed by atoms with Gasteiger partial charge in [-0.25, -0.2) is 4.99 Å². The highest BCUT2D eigenvalue weighted by Gasteiger charge is 2.46. The lowest BCUT2D eigenvalue weighted by atomic mass is 10.2. The number of aliphatic imine (C=N–C) groups is 1. The van der Waals surface area contributed by atoms with E-state index in [4.69, 9.17) is 16.3 Å². The number of hydrogen-bond acceptors (Lipinski definition) is 5. The standard InChI is InChI=1S/C21H20ClN3O3S/c1-28-17-10-7-14(11-16(17)22)23-19(26)12-18-20(27)25(15-8-9-15)21(29-18)24-13-5-3-2-4-6-13/h2-7,10-11,15,18H,8-9,12H2,1H3,(H,23,26)/t18-/m1/s1. The average molecular weight is 430 g/mol. The fourth-order valence-electron chi connectivity index (χ4n) is 3.10. The molecule has 29 heavy (non-hydrogen) atoms. The summed E-state index contributed by atoms with van der Waals surface area (Å²) >= 11 is 7.46. The molecular weight excluding hydrogens is 410 g/mol. The number of carbonyl (C=O) groups excluding carboxylic acids is 2. The number of rotatable bonds is 6. The summed E-state index contributed by atoms with van der Waals surface area (Å²) in [5.41, 5.74) is 1.36. The minimum atomic E-state index is -0.480. The summed E-state index contributed by atoms with van der Waals surface area (Å²) in [6, 6.07) is 14.8. The van der Waals surface area contributed by atoms with E-state index in [1.807, 2.05) is 30.3 Å². The molecule has 1 saturated heterocycles. The zero-order valence-corrected chi connectivity index (χ0v) is 17.4. The summed E-state index contributed by atoms with van der Waals surface area (Å²) in [7, 11) is 1.53. The molecule has 1 aliphatic carbocycles. The van der Waals surface area contributed by atoms with Gasteiger partial charge in [-0.05, 0) is 43.2 Å². The molecule has 6 nitrogen and oxygen atoms in total. The number of thioether (sulfide) groups is 1. The lowest BCUT2D eigenvalue weighted by Crippen LogP contribution is -2.35. The minimum absolute atomic E-state index is 0.0462. The van der Waals surface area contributed by atoms with E-state index in [1.54, 1.807) is 23.1 Å². The number of amidine groups is 1. The van der Waals surface area contributed by atoms with Crippen molar-refractivity contribution in [3.8, 4) is 5.75 Å². The Balaban J connectivity index is 1.46. The second-order valence-corrected chi connectivity index (χ2v) is 8.45. The largest absolute Gasteiger partial charge is 0.495 e. The summed E-state index contributed by atoms with van der Waals surface area (Å²) in [6.07, 6.45) is 2.02. The first-order valence-corrected chi connectivity index (χ1v) is 10.6. The summed E-state index contributed by atoms with van der Waals surface area (Å²) in [4.78, 5) is 31.9. The van der Waals surface area contributed by atoms with E-state index in [2.05, 4.69) is 10.3 Å². The molecule has 2 aliphatic rings. The molecule has 0 spiro atoms. The van der Waals surface area contributed by atoms with Gasteiger partial charge >= 0.3 is 0 Å². The number of methoxy groups -OCH3 is 1. The molecule has 0 unspecified atom stereocenters. The maximum Gasteiger partial charge on any atom is 0.242 e. The Bertz CT molecular complexity index is 963. The van der Waals surface area contributed by atoms with Crippen molar-refractivity contribution in [2.24, 2.45) is 4.99 Å². The van der Waals surface area contributed by atoms with Crippen molar-refractivity contribution >= 4 is 51.7 Å². The highest BCUT2D eigenvalue weighted by Crippen LogP contribution is 2.39. The van der Waals surface area contributed by atoms with Crippen LogP contribution in [0.5, 0.6) is 5.75 Å². The monoisotopic (exact) mass is 429 g/mol. The van der Waals surface area contributed by atoms with Gasteiger partial charge in [0.25, 0.3) is 0 Å². The first-order chi connectivity index (χ1) is 14.0. The molecule has 1 aliphatic heterocycles. The van der Waals surface area contributed by atoms with E-state index in [9.17, 15) is 9.59 Å². The van der Waals surface area contributed by atoms with E-state index in [0.29, 0.717) is 21.6 Å². The zero-order chi connectivity index (χ0) is 20.4. The van der Waals surface area contributed by atoms with Crippen LogP contribution in [-0.2, 0) is 9.59 Å².